The van der Waals surface area contributed by atoms with E-state index >= 15 is 0 Å². The van der Waals surface area contributed by atoms with E-state index in [1.807, 2.05) is 50.2 Å². The zero-order valence-corrected chi connectivity index (χ0v) is 19.3. The average Bonchev–Trinajstić information content (AvgIpc) is 2.82. The smallest absolute Gasteiger partial charge is 0.344 e. The fraction of sp³-hybridized carbons (Fsp3) is 0.222. The third-order valence-corrected chi connectivity index (χ3v) is 4.84. The van der Waals surface area contributed by atoms with Gasteiger partial charge in [-0.05, 0) is 67.1 Å². The minimum atomic E-state index is -1.01. The standard InChI is InChI=1S/C27H25F2N3O2/c1-4-5-16-34-27(33)26-24(28)17-20(18-25(26)29)7-6-19-8-10-21(11-9-19)30-31-22-12-14-23(15-13-22)32(2)3/h8-15,17-18H,4-5,16H2,1-3H3. The van der Waals surface area contributed by atoms with E-state index in [0.29, 0.717) is 17.7 Å². The fourth-order valence-corrected chi connectivity index (χ4v) is 2.91. The molecule has 0 fully saturated rings. The van der Waals surface area contributed by atoms with E-state index < -0.39 is 23.2 Å². The van der Waals surface area contributed by atoms with Gasteiger partial charge in [-0.15, -0.1) is 0 Å². The highest BCUT2D eigenvalue weighted by molar-refractivity contribution is 5.90. The Labute approximate surface area is 198 Å². The fourth-order valence-electron chi connectivity index (χ4n) is 2.91. The van der Waals surface area contributed by atoms with Crippen LogP contribution in [0.15, 0.2) is 70.9 Å². The van der Waals surface area contributed by atoms with Gasteiger partial charge in [0, 0.05) is 30.9 Å². The van der Waals surface area contributed by atoms with Gasteiger partial charge in [0.25, 0.3) is 0 Å². The number of anilines is 1. The van der Waals surface area contributed by atoms with Crippen molar-refractivity contribution >= 4 is 23.0 Å². The van der Waals surface area contributed by atoms with E-state index in [1.165, 1.54) is 0 Å². The third-order valence-electron chi connectivity index (χ3n) is 4.84. The van der Waals surface area contributed by atoms with Crippen LogP contribution in [0.3, 0.4) is 0 Å². The predicted molar refractivity (Wildman–Crippen MR) is 129 cm³/mol. The van der Waals surface area contributed by atoms with Crippen molar-refractivity contribution in [2.75, 3.05) is 25.6 Å². The van der Waals surface area contributed by atoms with Crippen LogP contribution in [-0.4, -0.2) is 26.7 Å². The molecule has 0 aliphatic heterocycles. The van der Waals surface area contributed by atoms with Crippen LogP contribution in [0.1, 0.15) is 41.3 Å². The van der Waals surface area contributed by atoms with E-state index in [1.54, 1.807) is 24.3 Å². The molecule has 174 valence electrons. The van der Waals surface area contributed by atoms with Crippen LogP contribution in [0, 0.1) is 23.5 Å². The number of carbonyl (C=O) groups excluding carboxylic acids is 1. The molecule has 0 radical (unpaired) electrons. The van der Waals surface area contributed by atoms with Gasteiger partial charge >= 0.3 is 5.97 Å². The van der Waals surface area contributed by atoms with Crippen LogP contribution in [0.2, 0.25) is 0 Å². The number of hydrogen-bond acceptors (Lipinski definition) is 5. The first-order valence-corrected chi connectivity index (χ1v) is 10.8. The Bertz CT molecular complexity index is 1200. The quantitative estimate of drug-likeness (QED) is 0.168. The van der Waals surface area contributed by atoms with E-state index in [4.69, 9.17) is 4.74 Å². The molecule has 0 aliphatic rings. The maximum atomic E-state index is 14.3. The molecule has 0 bridgehead atoms. The number of halogens is 2. The van der Waals surface area contributed by atoms with Gasteiger partial charge in [0.15, 0.2) is 0 Å². The molecule has 0 unspecified atom stereocenters. The molecule has 0 amide bonds. The van der Waals surface area contributed by atoms with Crippen LogP contribution in [-0.2, 0) is 4.74 Å². The average molecular weight is 462 g/mol. The lowest BCUT2D eigenvalue weighted by molar-refractivity contribution is 0.0488. The summed E-state index contributed by atoms with van der Waals surface area (Å²) in [6.07, 6.45) is 1.43. The van der Waals surface area contributed by atoms with Gasteiger partial charge in [-0.2, -0.15) is 10.2 Å². The topological polar surface area (TPSA) is 54.3 Å². The van der Waals surface area contributed by atoms with Gasteiger partial charge in [0.05, 0.1) is 18.0 Å². The predicted octanol–water partition coefficient (Wildman–Crippen LogP) is 6.80. The Balaban J connectivity index is 1.67. The molecule has 0 saturated heterocycles. The lowest BCUT2D eigenvalue weighted by Crippen LogP contribution is -2.11. The van der Waals surface area contributed by atoms with Gasteiger partial charge in [0.2, 0.25) is 0 Å². The first kappa shape index (κ1) is 24.6. The molecule has 0 N–H and O–H groups in total. The van der Waals surface area contributed by atoms with Crippen molar-refractivity contribution < 1.29 is 18.3 Å². The highest BCUT2D eigenvalue weighted by Crippen LogP contribution is 2.22. The molecule has 0 saturated carbocycles. The molecule has 0 spiro atoms. The molecule has 34 heavy (non-hydrogen) atoms. The lowest BCUT2D eigenvalue weighted by atomic mass is 10.1. The highest BCUT2D eigenvalue weighted by Gasteiger charge is 2.19. The Morgan fingerprint density at radius 3 is 1.94 bits per heavy atom. The largest absolute Gasteiger partial charge is 0.462 e. The number of hydrogen-bond donors (Lipinski definition) is 0. The van der Waals surface area contributed by atoms with E-state index in [2.05, 4.69) is 22.1 Å². The summed E-state index contributed by atoms with van der Waals surface area (Å²) in [4.78, 5) is 13.9. The normalized spacial score (nSPS) is 10.6. The number of nitrogens with zero attached hydrogens (tertiary/aromatic N) is 3. The van der Waals surface area contributed by atoms with Crippen molar-refractivity contribution in [3.63, 3.8) is 0 Å². The number of esters is 1. The van der Waals surface area contributed by atoms with E-state index in [-0.39, 0.29) is 12.2 Å². The summed E-state index contributed by atoms with van der Waals surface area (Å²) in [6.45, 7) is 2.04. The summed E-state index contributed by atoms with van der Waals surface area (Å²) in [5.41, 5.74) is 2.50. The van der Waals surface area contributed by atoms with Crippen LogP contribution in [0.5, 0.6) is 0 Å². The second kappa shape index (κ2) is 11.7. The zero-order chi connectivity index (χ0) is 24.5. The van der Waals surface area contributed by atoms with Gasteiger partial charge in [-0.1, -0.05) is 25.2 Å². The molecule has 0 atom stereocenters. The maximum absolute atomic E-state index is 14.3. The number of rotatable bonds is 7. The number of azo groups is 1. The van der Waals surface area contributed by atoms with Crippen LogP contribution < -0.4 is 4.90 Å². The summed E-state index contributed by atoms with van der Waals surface area (Å²) < 4.78 is 33.5. The maximum Gasteiger partial charge on any atom is 0.344 e. The third kappa shape index (κ3) is 6.72. The monoisotopic (exact) mass is 461 g/mol. The van der Waals surface area contributed by atoms with Gasteiger partial charge in [-0.25, -0.2) is 13.6 Å². The first-order valence-electron chi connectivity index (χ1n) is 10.8. The first-order chi connectivity index (χ1) is 16.4. The van der Waals surface area contributed by atoms with Crippen LogP contribution in [0.25, 0.3) is 0 Å². The molecule has 7 heteroatoms. The molecule has 0 heterocycles. The summed E-state index contributed by atoms with van der Waals surface area (Å²) in [6, 6.07) is 16.7. The van der Waals surface area contributed by atoms with Gasteiger partial charge < -0.3 is 9.64 Å². The molecular weight excluding hydrogens is 436 g/mol. The number of unbranched alkanes of at least 4 members (excludes halogenated alkanes) is 1. The SMILES string of the molecule is CCCCOC(=O)c1c(F)cc(C#Cc2ccc(N=Nc3ccc(N(C)C)cc3)cc2)cc1F. The number of carbonyl (C=O) groups is 1. The Kier molecular flexibility index (Phi) is 8.47. The van der Waals surface area contributed by atoms with Crippen molar-refractivity contribution in [1.29, 1.82) is 0 Å². The van der Waals surface area contributed by atoms with Gasteiger partial charge in [-0.3, -0.25) is 0 Å². The minimum Gasteiger partial charge on any atom is -0.462 e. The summed E-state index contributed by atoms with van der Waals surface area (Å²) in [5, 5.41) is 8.42. The Morgan fingerprint density at radius 2 is 1.41 bits per heavy atom. The van der Waals surface area contributed by atoms with Crippen molar-refractivity contribution in [2.24, 2.45) is 10.2 Å². The van der Waals surface area contributed by atoms with Crippen molar-refractivity contribution in [1.82, 2.24) is 0 Å². The van der Waals surface area contributed by atoms with E-state index in [9.17, 15) is 13.6 Å². The van der Waals surface area contributed by atoms with Crippen LogP contribution >= 0.6 is 0 Å². The zero-order valence-electron chi connectivity index (χ0n) is 19.3. The summed E-state index contributed by atoms with van der Waals surface area (Å²) in [7, 11) is 3.93. The van der Waals surface area contributed by atoms with Crippen LogP contribution in [0.4, 0.5) is 25.8 Å². The Morgan fingerprint density at radius 1 is 0.882 bits per heavy atom. The number of ether oxygens (including phenoxy) is 1. The molecule has 0 aliphatic carbocycles. The van der Waals surface area contributed by atoms with Crippen molar-refractivity contribution in [3.8, 4) is 11.8 Å². The van der Waals surface area contributed by atoms with Gasteiger partial charge in [0.1, 0.15) is 17.2 Å². The molecule has 0 aromatic heterocycles. The second-order valence-corrected chi connectivity index (χ2v) is 7.71. The molecular formula is C27H25F2N3O2. The lowest BCUT2D eigenvalue weighted by Gasteiger charge is -2.11. The van der Waals surface area contributed by atoms with Crippen molar-refractivity contribution in [3.05, 3.63) is 89.0 Å². The molecule has 3 aromatic carbocycles. The Hall–Kier alpha value is -4.05. The van der Waals surface area contributed by atoms with E-state index in [0.717, 1.165) is 29.9 Å². The number of benzene rings is 3. The molecule has 3 aromatic rings. The minimum absolute atomic E-state index is 0.116. The molecule has 5 nitrogen and oxygen atoms in total. The summed E-state index contributed by atoms with van der Waals surface area (Å²) >= 11 is 0. The highest BCUT2D eigenvalue weighted by atomic mass is 19.1. The molecule has 3 rings (SSSR count). The van der Waals surface area contributed by atoms with Crippen molar-refractivity contribution in [2.45, 2.75) is 19.8 Å². The summed E-state index contributed by atoms with van der Waals surface area (Å²) in [5.74, 6) is 2.55. The second-order valence-electron chi connectivity index (χ2n) is 7.71.